The summed E-state index contributed by atoms with van der Waals surface area (Å²) in [5, 5.41) is 7.30. The van der Waals surface area contributed by atoms with Crippen molar-refractivity contribution in [2.75, 3.05) is 0 Å². The van der Waals surface area contributed by atoms with Gasteiger partial charge < -0.3 is 10.5 Å². The van der Waals surface area contributed by atoms with Gasteiger partial charge in [0.2, 0.25) is 0 Å². The zero-order chi connectivity index (χ0) is 10.6. The first-order valence-electron chi connectivity index (χ1n) is 4.70. The lowest BCUT2D eigenvalue weighted by molar-refractivity contribution is 0.260. The van der Waals surface area contributed by atoms with E-state index in [0.29, 0.717) is 6.42 Å². The van der Waals surface area contributed by atoms with Gasteiger partial charge in [0.1, 0.15) is 11.6 Å². The van der Waals surface area contributed by atoms with E-state index >= 15 is 0 Å². The molecule has 0 spiro atoms. The van der Waals surface area contributed by atoms with Gasteiger partial charge in [-0.1, -0.05) is 24.6 Å². The lowest BCUT2D eigenvalue weighted by Gasteiger charge is -2.15. The van der Waals surface area contributed by atoms with Gasteiger partial charge in [-0.25, -0.2) is 0 Å². The summed E-state index contributed by atoms with van der Waals surface area (Å²) in [7, 11) is 0. The molecule has 76 valence electrons. The summed E-state index contributed by atoms with van der Waals surface area (Å²) in [5.41, 5.74) is 6.57. The van der Waals surface area contributed by atoms with Gasteiger partial charge in [-0.3, -0.25) is 5.41 Å². The van der Waals surface area contributed by atoms with Crippen LogP contribution in [0.25, 0.3) is 0 Å². The Morgan fingerprint density at radius 2 is 2.00 bits per heavy atom. The van der Waals surface area contributed by atoms with E-state index in [0.717, 1.165) is 5.75 Å². The molecule has 1 rings (SSSR count). The molecule has 0 aliphatic carbocycles. The Labute approximate surface area is 84.4 Å². The maximum absolute atomic E-state index is 7.30. The number of benzene rings is 1. The Balaban J connectivity index is 2.67. The summed E-state index contributed by atoms with van der Waals surface area (Å²) in [6.07, 6.45) is 0.404. The van der Waals surface area contributed by atoms with Crippen LogP contribution >= 0.6 is 0 Å². The van der Waals surface area contributed by atoms with E-state index < -0.39 is 0 Å². The van der Waals surface area contributed by atoms with Gasteiger partial charge in [0.05, 0.1) is 0 Å². The Kier molecular flexibility index (Phi) is 3.51. The third-order valence-corrected chi connectivity index (χ3v) is 2.02. The van der Waals surface area contributed by atoms with Crippen molar-refractivity contribution in [3.05, 3.63) is 29.8 Å². The normalized spacial score (nSPS) is 12.1. The summed E-state index contributed by atoms with van der Waals surface area (Å²) in [5.74, 6) is 0.839. The number of nitrogens with one attached hydrogen (secondary N) is 1. The minimum absolute atomic E-state index is 0.0769. The van der Waals surface area contributed by atoms with Crippen LogP contribution in [0.2, 0.25) is 0 Å². The van der Waals surface area contributed by atoms with Crippen molar-refractivity contribution in [1.29, 1.82) is 5.41 Å². The van der Waals surface area contributed by atoms with Crippen molar-refractivity contribution in [2.24, 2.45) is 5.73 Å². The number of ether oxygens (including phenoxy) is 1. The fraction of sp³-hybridized carbons (Fsp3) is 0.364. The van der Waals surface area contributed by atoms with Crippen LogP contribution in [-0.2, 0) is 0 Å². The molecule has 0 aliphatic rings. The first kappa shape index (κ1) is 10.6. The molecular weight excluding hydrogens is 176 g/mol. The van der Waals surface area contributed by atoms with E-state index in [2.05, 4.69) is 0 Å². The molecule has 0 saturated carbocycles. The molecule has 0 heterocycles. The van der Waals surface area contributed by atoms with Gasteiger partial charge >= 0.3 is 0 Å². The third kappa shape index (κ3) is 2.76. The van der Waals surface area contributed by atoms with Crippen LogP contribution in [0.15, 0.2) is 24.3 Å². The lowest BCUT2D eigenvalue weighted by Crippen LogP contribution is -2.32. The van der Waals surface area contributed by atoms with Crippen molar-refractivity contribution in [3.63, 3.8) is 0 Å². The largest absolute Gasteiger partial charge is 0.483 e. The second-order valence-corrected chi connectivity index (χ2v) is 3.28. The zero-order valence-electron chi connectivity index (χ0n) is 8.58. The molecule has 3 heteroatoms. The number of rotatable bonds is 4. The van der Waals surface area contributed by atoms with Crippen LogP contribution in [0.4, 0.5) is 0 Å². The number of hydrogen-bond acceptors (Lipinski definition) is 2. The second-order valence-electron chi connectivity index (χ2n) is 3.28. The summed E-state index contributed by atoms with van der Waals surface area (Å²) in [6.45, 7) is 3.96. The fourth-order valence-corrected chi connectivity index (χ4v) is 1.15. The predicted molar refractivity (Wildman–Crippen MR) is 57.8 cm³/mol. The summed E-state index contributed by atoms with van der Waals surface area (Å²) in [6, 6.07) is 7.73. The van der Waals surface area contributed by atoms with Crippen LogP contribution in [0.5, 0.6) is 5.75 Å². The molecule has 0 saturated heterocycles. The van der Waals surface area contributed by atoms with E-state index in [4.69, 9.17) is 15.9 Å². The van der Waals surface area contributed by atoms with Crippen molar-refractivity contribution in [2.45, 2.75) is 26.4 Å². The third-order valence-electron chi connectivity index (χ3n) is 2.02. The van der Waals surface area contributed by atoms with Crippen molar-refractivity contribution in [3.8, 4) is 5.75 Å². The standard InChI is InChI=1S/C11H16N2O/c1-3-10(11(12)13)14-9-6-4-8(2)5-7-9/h4-7,10H,3H2,1-2H3,(H3,12,13). The molecule has 0 radical (unpaired) electrons. The molecule has 0 aromatic heterocycles. The monoisotopic (exact) mass is 192 g/mol. The van der Waals surface area contributed by atoms with E-state index in [1.807, 2.05) is 38.1 Å². The van der Waals surface area contributed by atoms with E-state index in [9.17, 15) is 0 Å². The zero-order valence-corrected chi connectivity index (χ0v) is 8.58. The first-order chi connectivity index (χ1) is 6.63. The van der Waals surface area contributed by atoms with Crippen molar-refractivity contribution < 1.29 is 4.74 Å². The minimum atomic E-state index is -0.308. The molecule has 0 aliphatic heterocycles. The van der Waals surface area contributed by atoms with Crippen LogP contribution in [0.1, 0.15) is 18.9 Å². The molecule has 3 N–H and O–H groups in total. The van der Waals surface area contributed by atoms with Gasteiger partial charge in [0.15, 0.2) is 6.10 Å². The maximum atomic E-state index is 7.30. The Bertz CT molecular complexity index is 306. The second kappa shape index (κ2) is 4.65. The van der Waals surface area contributed by atoms with Crippen LogP contribution in [0, 0.1) is 12.3 Å². The highest BCUT2D eigenvalue weighted by Gasteiger charge is 2.10. The summed E-state index contributed by atoms with van der Waals surface area (Å²) in [4.78, 5) is 0. The highest BCUT2D eigenvalue weighted by atomic mass is 16.5. The minimum Gasteiger partial charge on any atom is -0.483 e. The van der Waals surface area contributed by atoms with E-state index in [1.165, 1.54) is 5.56 Å². The van der Waals surface area contributed by atoms with Crippen LogP contribution in [-0.4, -0.2) is 11.9 Å². The quantitative estimate of drug-likeness (QED) is 0.567. The first-order valence-corrected chi connectivity index (χ1v) is 4.70. The molecule has 1 aromatic carbocycles. The van der Waals surface area contributed by atoms with Gasteiger partial charge in [-0.2, -0.15) is 0 Å². The number of nitrogens with two attached hydrogens (primary N) is 1. The Hall–Kier alpha value is -1.51. The molecule has 1 aromatic rings. The van der Waals surface area contributed by atoms with E-state index in [1.54, 1.807) is 0 Å². The van der Waals surface area contributed by atoms with Crippen LogP contribution < -0.4 is 10.5 Å². The highest BCUT2D eigenvalue weighted by Crippen LogP contribution is 2.14. The van der Waals surface area contributed by atoms with Crippen molar-refractivity contribution in [1.82, 2.24) is 0 Å². The van der Waals surface area contributed by atoms with Crippen molar-refractivity contribution >= 4 is 5.84 Å². The Morgan fingerprint density at radius 3 is 2.43 bits per heavy atom. The van der Waals surface area contributed by atoms with E-state index in [-0.39, 0.29) is 11.9 Å². The molecule has 1 unspecified atom stereocenters. The maximum Gasteiger partial charge on any atom is 0.155 e. The molecule has 0 fully saturated rings. The average Bonchev–Trinajstić information content (AvgIpc) is 2.16. The van der Waals surface area contributed by atoms with Gasteiger partial charge in [0, 0.05) is 0 Å². The SMILES string of the molecule is CCC(Oc1ccc(C)cc1)C(=N)N. The van der Waals surface area contributed by atoms with Crippen LogP contribution in [0.3, 0.4) is 0 Å². The lowest BCUT2D eigenvalue weighted by atomic mass is 10.2. The molecule has 0 bridgehead atoms. The smallest absolute Gasteiger partial charge is 0.155 e. The van der Waals surface area contributed by atoms with Gasteiger partial charge in [0.25, 0.3) is 0 Å². The highest BCUT2D eigenvalue weighted by molar-refractivity contribution is 5.81. The number of hydrogen-bond donors (Lipinski definition) is 2. The van der Waals surface area contributed by atoms with Gasteiger partial charge in [-0.05, 0) is 25.5 Å². The fourth-order valence-electron chi connectivity index (χ4n) is 1.15. The average molecular weight is 192 g/mol. The summed E-state index contributed by atoms with van der Waals surface area (Å²) < 4.78 is 5.53. The molecule has 3 nitrogen and oxygen atoms in total. The number of aryl methyl sites for hydroxylation is 1. The topological polar surface area (TPSA) is 59.1 Å². The molecule has 1 atom stereocenters. The number of amidine groups is 1. The van der Waals surface area contributed by atoms with Gasteiger partial charge in [-0.15, -0.1) is 0 Å². The molecule has 0 amide bonds. The Morgan fingerprint density at radius 1 is 1.43 bits per heavy atom. The molecule has 14 heavy (non-hydrogen) atoms. The predicted octanol–water partition coefficient (Wildman–Crippen LogP) is 2.09. The molecular formula is C11H16N2O. The summed E-state index contributed by atoms with van der Waals surface area (Å²) >= 11 is 0.